The van der Waals surface area contributed by atoms with Crippen molar-refractivity contribution in [1.29, 1.82) is 0 Å². The molecule has 0 atom stereocenters. The van der Waals surface area contributed by atoms with E-state index in [9.17, 15) is 0 Å². The first kappa shape index (κ1) is 12.1. The Kier molecular flexibility index (Phi) is 3.40. The molecule has 4 nitrogen and oxygen atoms in total. The highest BCUT2D eigenvalue weighted by Gasteiger charge is 2.16. The van der Waals surface area contributed by atoms with Crippen molar-refractivity contribution in [2.24, 2.45) is 0 Å². The molecule has 1 aliphatic carbocycles. The number of nitrogens with zero attached hydrogens (tertiary/aromatic N) is 2. The Bertz CT molecular complexity index is 527. The zero-order valence-corrected chi connectivity index (χ0v) is 11.2. The molecule has 0 amide bonds. The van der Waals surface area contributed by atoms with Crippen molar-refractivity contribution >= 4 is 5.95 Å². The van der Waals surface area contributed by atoms with Gasteiger partial charge in [-0.3, -0.25) is 4.57 Å². The molecule has 1 heterocycles. The van der Waals surface area contributed by atoms with E-state index < -0.39 is 0 Å². The van der Waals surface area contributed by atoms with E-state index in [0.29, 0.717) is 6.04 Å². The highest BCUT2D eigenvalue weighted by Crippen LogP contribution is 2.23. The number of nitrogens with one attached hydrogen (secondary N) is 1. The highest BCUT2D eigenvalue weighted by atomic mass is 16.5. The minimum absolute atomic E-state index is 0.569. The van der Waals surface area contributed by atoms with Crippen molar-refractivity contribution in [3.63, 3.8) is 0 Å². The molecule has 4 heteroatoms. The zero-order valence-electron chi connectivity index (χ0n) is 11.2. The fourth-order valence-electron chi connectivity index (χ4n) is 2.61. The van der Waals surface area contributed by atoms with Crippen LogP contribution in [0.1, 0.15) is 25.7 Å². The number of ether oxygens (including phenoxy) is 1. The summed E-state index contributed by atoms with van der Waals surface area (Å²) < 4.78 is 7.26. The molecule has 3 rings (SSSR count). The molecular weight excluding hydrogens is 238 g/mol. The lowest BCUT2D eigenvalue weighted by Crippen LogP contribution is -2.17. The lowest BCUT2D eigenvalue weighted by atomic mass is 10.2. The number of methoxy groups -OCH3 is 1. The summed E-state index contributed by atoms with van der Waals surface area (Å²) in [6, 6.07) is 8.59. The highest BCUT2D eigenvalue weighted by molar-refractivity contribution is 5.44. The van der Waals surface area contributed by atoms with Gasteiger partial charge in [-0.1, -0.05) is 12.8 Å². The molecule has 0 bridgehead atoms. The van der Waals surface area contributed by atoms with Crippen LogP contribution in [0.15, 0.2) is 36.7 Å². The van der Waals surface area contributed by atoms with Crippen LogP contribution >= 0.6 is 0 Å². The van der Waals surface area contributed by atoms with E-state index >= 15 is 0 Å². The van der Waals surface area contributed by atoms with Crippen molar-refractivity contribution in [3.8, 4) is 11.4 Å². The van der Waals surface area contributed by atoms with Gasteiger partial charge in [0.15, 0.2) is 0 Å². The number of anilines is 1. The van der Waals surface area contributed by atoms with Gasteiger partial charge in [0.2, 0.25) is 5.95 Å². The van der Waals surface area contributed by atoms with E-state index in [0.717, 1.165) is 17.4 Å². The molecule has 0 aliphatic heterocycles. The second kappa shape index (κ2) is 5.34. The fraction of sp³-hybridized carbons (Fsp3) is 0.400. The monoisotopic (exact) mass is 257 g/mol. The van der Waals surface area contributed by atoms with Gasteiger partial charge < -0.3 is 10.1 Å². The Morgan fingerprint density at radius 2 is 1.95 bits per heavy atom. The molecule has 1 fully saturated rings. The standard InChI is InChI=1S/C15H19N3O/c1-19-14-8-6-13(7-9-14)18-11-10-16-15(18)17-12-4-2-3-5-12/h6-12H,2-5H2,1H3,(H,16,17). The van der Waals surface area contributed by atoms with Gasteiger partial charge in [-0.15, -0.1) is 0 Å². The van der Waals surface area contributed by atoms with E-state index in [1.165, 1.54) is 25.7 Å². The molecule has 1 N–H and O–H groups in total. The van der Waals surface area contributed by atoms with Crippen LogP contribution in [0, 0.1) is 0 Å². The maximum Gasteiger partial charge on any atom is 0.207 e. The van der Waals surface area contributed by atoms with Crippen molar-refractivity contribution in [2.45, 2.75) is 31.7 Å². The maximum absolute atomic E-state index is 5.18. The predicted molar refractivity (Wildman–Crippen MR) is 76.0 cm³/mol. The Morgan fingerprint density at radius 1 is 1.21 bits per heavy atom. The normalized spacial score (nSPS) is 15.6. The summed E-state index contributed by atoms with van der Waals surface area (Å²) in [5.41, 5.74) is 1.10. The smallest absolute Gasteiger partial charge is 0.207 e. The second-order valence-electron chi connectivity index (χ2n) is 4.94. The number of hydrogen-bond acceptors (Lipinski definition) is 3. The fourth-order valence-corrected chi connectivity index (χ4v) is 2.61. The lowest BCUT2D eigenvalue weighted by Gasteiger charge is -2.14. The van der Waals surface area contributed by atoms with Crippen LogP contribution in [0.4, 0.5) is 5.95 Å². The second-order valence-corrected chi connectivity index (χ2v) is 4.94. The minimum atomic E-state index is 0.569. The molecule has 100 valence electrons. The van der Waals surface area contributed by atoms with Crippen LogP contribution in [-0.4, -0.2) is 22.7 Å². The number of imidazole rings is 1. The van der Waals surface area contributed by atoms with Gasteiger partial charge in [0, 0.05) is 24.1 Å². The summed E-state index contributed by atoms with van der Waals surface area (Å²) in [6.45, 7) is 0. The summed E-state index contributed by atoms with van der Waals surface area (Å²) in [5, 5.41) is 3.54. The molecular formula is C15H19N3O. The SMILES string of the molecule is COc1ccc(-n2ccnc2NC2CCCC2)cc1. The molecule has 0 spiro atoms. The van der Waals surface area contributed by atoms with Crippen molar-refractivity contribution in [1.82, 2.24) is 9.55 Å². The first-order valence-electron chi connectivity index (χ1n) is 6.81. The third-order valence-electron chi connectivity index (χ3n) is 3.68. The van der Waals surface area contributed by atoms with E-state index in [1.54, 1.807) is 7.11 Å². The largest absolute Gasteiger partial charge is 0.497 e. The van der Waals surface area contributed by atoms with Crippen LogP contribution < -0.4 is 10.1 Å². The summed E-state index contributed by atoms with van der Waals surface area (Å²) in [7, 11) is 1.68. The number of aromatic nitrogens is 2. The Hall–Kier alpha value is -1.97. The average molecular weight is 257 g/mol. The third kappa shape index (κ3) is 2.57. The quantitative estimate of drug-likeness (QED) is 0.914. The van der Waals surface area contributed by atoms with Gasteiger partial charge in [-0.05, 0) is 37.1 Å². The molecule has 0 saturated heterocycles. The molecule has 1 aliphatic rings. The van der Waals surface area contributed by atoms with Crippen LogP contribution in [-0.2, 0) is 0 Å². The molecule has 1 saturated carbocycles. The minimum Gasteiger partial charge on any atom is -0.497 e. The summed E-state index contributed by atoms with van der Waals surface area (Å²) in [5.74, 6) is 1.80. The first-order valence-corrected chi connectivity index (χ1v) is 6.81. The Balaban J connectivity index is 1.81. The van der Waals surface area contributed by atoms with Gasteiger partial charge in [-0.2, -0.15) is 0 Å². The Morgan fingerprint density at radius 3 is 2.63 bits per heavy atom. The number of benzene rings is 1. The molecule has 2 aromatic rings. The van der Waals surface area contributed by atoms with Crippen molar-refractivity contribution in [3.05, 3.63) is 36.7 Å². The first-order chi connectivity index (χ1) is 9.36. The van der Waals surface area contributed by atoms with Gasteiger partial charge >= 0.3 is 0 Å². The molecule has 19 heavy (non-hydrogen) atoms. The Labute approximate surface area is 113 Å². The van der Waals surface area contributed by atoms with Crippen molar-refractivity contribution in [2.75, 3.05) is 12.4 Å². The molecule has 1 aromatic heterocycles. The van der Waals surface area contributed by atoms with Crippen LogP contribution in [0.5, 0.6) is 5.75 Å². The van der Waals surface area contributed by atoms with Gasteiger partial charge in [-0.25, -0.2) is 4.98 Å². The van der Waals surface area contributed by atoms with E-state index in [2.05, 4.69) is 14.9 Å². The lowest BCUT2D eigenvalue weighted by molar-refractivity contribution is 0.415. The van der Waals surface area contributed by atoms with Crippen LogP contribution in [0.2, 0.25) is 0 Å². The molecule has 0 unspecified atom stereocenters. The number of hydrogen-bond donors (Lipinski definition) is 1. The molecule has 1 aromatic carbocycles. The topological polar surface area (TPSA) is 39.1 Å². The van der Waals surface area contributed by atoms with Crippen LogP contribution in [0.25, 0.3) is 5.69 Å². The average Bonchev–Trinajstić information content (AvgIpc) is 3.11. The molecule has 0 radical (unpaired) electrons. The maximum atomic E-state index is 5.18. The van der Waals surface area contributed by atoms with Crippen LogP contribution in [0.3, 0.4) is 0 Å². The van der Waals surface area contributed by atoms with Gasteiger partial charge in [0.05, 0.1) is 7.11 Å². The van der Waals surface area contributed by atoms with Crippen molar-refractivity contribution < 1.29 is 4.74 Å². The van der Waals surface area contributed by atoms with E-state index in [-0.39, 0.29) is 0 Å². The summed E-state index contributed by atoms with van der Waals surface area (Å²) in [6.07, 6.45) is 8.95. The van der Waals surface area contributed by atoms with Gasteiger partial charge in [0.1, 0.15) is 5.75 Å². The summed E-state index contributed by atoms with van der Waals surface area (Å²) in [4.78, 5) is 4.42. The number of rotatable bonds is 4. The predicted octanol–water partition coefficient (Wildman–Crippen LogP) is 3.24. The third-order valence-corrected chi connectivity index (χ3v) is 3.68. The van der Waals surface area contributed by atoms with Gasteiger partial charge in [0.25, 0.3) is 0 Å². The van der Waals surface area contributed by atoms with E-state index in [1.807, 2.05) is 36.7 Å². The zero-order chi connectivity index (χ0) is 13.1. The van der Waals surface area contributed by atoms with E-state index in [4.69, 9.17) is 4.74 Å². The summed E-state index contributed by atoms with van der Waals surface area (Å²) >= 11 is 0.